The Morgan fingerprint density at radius 1 is 1.46 bits per heavy atom. The second kappa shape index (κ2) is 3.73. The molecule has 0 aliphatic heterocycles. The molecular weight excluding hydrogens is 291 g/mol. The summed E-state index contributed by atoms with van der Waals surface area (Å²) in [5.41, 5.74) is 0. The van der Waals surface area contributed by atoms with Crippen molar-refractivity contribution in [2.45, 2.75) is 37.9 Å². The van der Waals surface area contributed by atoms with Gasteiger partial charge in [0.25, 0.3) is 0 Å². The zero-order chi connectivity index (χ0) is 9.47. The van der Waals surface area contributed by atoms with Crippen LogP contribution in [-0.4, -0.2) is 4.36 Å². The van der Waals surface area contributed by atoms with Crippen molar-refractivity contribution in [1.82, 2.24) is 0 Å². The normalized spacial score (nSPS) is 43.3. The Balaban J connectivity index is 2.29. The number of allylic oxidation sites excluding steroid dienone is 2. The highest BCUT2D eigenvalue weighted by Gasteiger charge is 2.50. The first-order chi connectivity index (χ1) is 6.17. The molecule has 0 amide bonds. The maximum atomic E-state index is 3.74. The van der Waals surface area contributed by atoms with E-state index in [0.717, 1.165) is 11.8 Å². The number of fused-ring (bicyclic) bond motifs is 1. The van der Waals surface area contributed by atoms with Gasteiger partial charge in [-0.05, 0) is 30.0 Å². The molecule has 0 aromatic heterocycles. The minimum atomic E-state index is 0.493. The van der Waals surface area contributed by atoms with E-state index in [4.69, 9.17) is 0 Å². The van der Waals surface area contributed by atoms with Crippen LogP contribution in [0.3, 0.4) is 0 Å². The molecule has 0 N–H and O–H groups in total. The summed E-state index contributed by atoms with van der Waals surface area (Å²) >= 11 is 7.49. The predicted molar refractivity (Wildman–Crippen MR) is 66.6 cm³/mol. The van der Waals surface area contributed by atoms with E-state index in [0.29, 0.717) is 9.68 Å². The van der Waals surface area contributed by atoms with Gasteiger partial charge in [-0.15, -0.1) is 31.5 Å². The van der Waals surface area contributed by atoms with Crippen LogP contribution in [0.5, 0.6) is 0 Å². The van der Waals surface area contributed by atoms with Crippen LogP contribution in [-0.2, 0) is 0 Å². The molecule has 0 unspecified atom stereocenters. The third-order valence-corrected chi connectivity index (χ3v) is 5.73. The van der Waals surface area contributed by atoms with Gasteiger partial charge in [0.15, 0.2) is 0 Å². The van der Waals surface area contributed by atoms with E-state index in [1.807, 2.05) is 0 Å². The van der Waals surface area contributed by atoms with Gasteiger partial charge in [0.05, 0.1) is 0 Å². The Hall–Kier alpha value is 0.765. The largest absolute Gasteiger partial charge is 0.305 e. The van der Waals surface area contributed by atoms with Crippen LogP contribution in [0.2, 0.25) is 5.31 Å². The van der Waals surface area contributed by atoms with Gasteiger partial charge in [-0.1, -0.05) is 31.9 Å². The Bertz CT molecular complexity index is 227. The van der Waals surface area contributed by atoms with Crippen LogP contribution in [0.1, 0.15) is 32.6 Å². The molecule has 0 heterocycles. The van der Waals surface area contributed by atoms with Gasteiger partial charge in [-0.25, -0.2) is 0 Å². The molecule has 0 aromatic carbocycles. The molecule has 2 aliphatic carbocycles. The van der Waals surface area contributed by atoms with Crippen molar-refractivity contribution >= 4 is 35.9 Å². The Kier molecular flexibility index (Phi) is 2.95. The number of hydrogen-bond acceptors (Lipinski definition) is 0. The van der Waals surface area contributed by atoms with Gasteiger partial charge in [-0.2, -0.15) is 0 Å². The topological polar surface area (TPSA) is 0 Å². The summed E-state index contributed by atoms with van der Waals surface area (Å²) in [5.74, 6) is 1.66. The van der Waals surface area contributed by atoms with E-state index >= 15 is 0 Å². The molecular formula is C10H15BBr2. The minimum Gasteiger partial charge on any atom is -0.139 e. The summed E-state index contributed by atoms with van der Waals surface area (Å²) in [6, 6.07) is 0. The van der Waals surface area contributed by atoms with Gasteiger partial charge < -0.3 is 0 Å². The van der Waals surface area contributed by atoms with E-state index in [1.165, 1.54) is 25.7 Å². The van der Waals surface area contributed by atoms with E-state index in [1.54, 1.807) is 0 Å². The van der Waals surface area contributed by atoms with Crippen molar-refractivity contribution < 1.29 is 0 Å². The van der Waals surface area contributed by atoms with Crippen LogP contribution >= 0.6 is 31.5 Å². The molecule has 72 valence electrons. The quantitative estimate of drug-likeness (QED) is 0.497. The summed E-state index contributed by atoms with van der Waals surface area (Å²) in [4.78, 5) is 0. The maximum absolute atomic E-state index is 3.74. The fourth-order valence-corrected chi connectivity index (χ4v) is 4.67. The lowest BCUT2D eigenvalue weighted by molar-refractivity contribution is 0.321. The van der Waals surface area contributed by atoms with Crippen molar-refractivity contribution in [1.29, 1.82) is 0 Å². The van der Waals surface area contributed by atoms with Crippen LogP contribution in [0.4, 0.5) is 0 Å². The first kappa shape index (κ1) is 10.3. The van der Waals surface area contributed by atoms with Crippen LogP contribution in [0.25, 0.3) is 0 Å². The lowest BCUT2D eigenvalue weighted by atomic mass is 9.55. The molecule has 1 fully saturated rings. The van der Waals surface area contributed by atoms with Crippen LogP contribution < -0.4 is 0 Å². The Morgan fingerprint density at radius 3 is 2.85 bits per heavy atom. The smallest absolute Gasteiger partial charge is 0.139 e. The molecule has 1 saturated carbocycles. The summed E-state index contributed by atoms with van der Waals surface area (Å²) in [5, 5.41) is 0.508. The Labute approximate surface area is 97.6 Å². The number of rotatable bonds is 1. The molecule has 3 heteroatoms. The summed E-state index contributed by atoms with van der Waals surface area (Å²) < 4.78 is 0.493. The maximum Gasteiger partial charge on any atom is 0.305 e. The van der Waals surface area contributed by atoms with Crippen LogP contribution in [0.15, 0.2) is 12.2 Å². The highest BCUT2D eigenvalue weighted by Crippen LogP contribution is 2.61. The molecule has 2 rings (SSSR count). The van der Waals surface area contributed by atoms with Gasteiger partial charge in [-0.3, -0.25) is 0 Å². The minimum absolute atomic E-state index is 0.493. The molecule has 0 bridgehead atoms. The molecule has 0 nitrogen and oxygen atoms in total. The van der Waals surface area contributed by atoms with E-state index in [2.05, 4.69) is 50.6 Å². The summed E-state index contributed by atoms with van der Waals surface area (Å²) in [6.07, 6.45) is 10.2. The Morgan fingerprint density at radius 2 is 2.23 bits per heavy atom. The molecule has 2 aliphatic rings. The van der Waals surface area contributed by atoms with Crippen molar-refractivity contribution in [3.05, 3.63) is 12.2 Å². The van der Waals surface area contributed by atoms with Gasteiger partial charge in [0.2, 0.25) is 0 Å². The van der Waals surface area contributed by atoms with Crippen molar-refractivity contribution in [2.24, 2.45) is 11.8 Å². The molecule has 13 heavy (non-hydrogen) atoms. The van der Waals surface area contributed by atoms with Gasteiger partial charge in [0, 0.05) is 0 Å². The van der Waals surface area contributed by atoms with Crippen LogP contribution in [0, 0.1) is 11.8 Å². The standard InChI is InChI=1S/C10H15BBr2/c1-8-4-2-6-10(11(12)13)7-3-5-9(8)10/h2,4,8-9H,3,5-7H2,1H3/t8-,9+,10-/m1/s1. The van der Waals surface area contributed by atoms with E-state index in [-0.39, 0.29) is 0 Å². The lowest BCUT2D eigenvalue weighted by Crippen LogP contribution is -2.32. The predicted octanol–water partition coefficient (Wildman–Crippen LogP) is 4.40. The third-order valence-electron chi connectivity index (χ3n) is 3.90. The zero-order valence-corrected chi connectivity index (χ0v) is 11.1. The average Bonchev–Trinajstić information content (AvgIpc) is 2.50. The molecule has 0 aromatic rings. The lowest BCUT2D eigenvalue weighted by Gasteiger charge is -2.40. The summed E-state index contributed by atoms with van der Waals surface area (Å²) in [7, 11) is 0. The van der Waals surface area contributed by atoms with Crippen molar-refractivity contribution in [3.8, 4) is 0 Å². The highest BCUT2D eigenvalue weighted by atomic mass is 79.9. The molecule has 0 spiro atoms. The highest BCUT2D eigenvalue weighted by molar-refractivity contribution is 9.49. The number of hydrogen-bond donors (Lipinski definition) is 0. The van der Waals surface area contributed by atoms with Gasteiger partial charge >= 0.3 is 4.36 Å². The van der Waals surface area contributed by atoms with E-state index < -0.39 is 0 Å². The molecule has 3 atom stereocenters. The number of halogens is 2. The zero-order valence-electron chi connectivity index (χ0n) is 7.97. The van der Waals surface area contributed by atoms with Crippen molar-refractivity contribution in [2.75, 3.05) is 0 Å². The second-order valence-electron chi connectivity index (χ2n) is 4.52. The van der Waals surface area contributed by atoms with Gasteiger partial charge in [0.1, 0.15) is 0 Å². The first-order valence-electron chi connectivity index (χ1n) is 5.11. The average molecular weight is 306 g/mol. The second-order valence-corrected chi connectivity index (χ2v) is 7.58. The molecule has 0 radical (unpaired) electrons. The third kappa shape index (κ3) is 1.56. The van der Waals surface area contributed by atoms with Crippen molar-refractivity contribution in [3.63, 3.8) is 0 Å². The monoisotopic (exact) mass is 304 g/mol. The fourth-order valence-electron chi connectivity index (χ4n) is 3.16. The first-order valence-corrected chi connectivity index (χ1v) is 6.95. The fraction of sp³-hybridized carbons (Fsp3) is 0.800. The summed E-state index contributed by atoms with van der Waals surface area (Å²) in [6.45, 7) is 2.36. The van der Waals surface area contributed by atoms with E-state index in [9.17, 15) is 0 Å². The SMILES string of the molecule is C[C@@H]1C=CC[C@@]2(B(Br)Br)CCC[C@@H]12. The molecule has 0 saturated heterocycles.